The van der Waals surface area contributed by atoms with Gasteiger partial charge in [-0.25, -0.2) is 8.42 Å². The van der Waals surface area contributed by atoms with E-state index in [9.17, 15) is 18.0 Å². The fourth-order valence-electron chi connectivity index (χ4n) is 3.89. The highest BCUT2D eigenvalue weighted by Gasteiger charge is 2.32. The van der Waals surface area contributed by atoms with Gasteiger partial charge in [0.25, 0.3) is 0 Å². The molecule has 1 atom stereocenters. The van der Waals surface area contributed by atoms with E-state index in [1.54, 1.807) is 55.5 Å². The van der Waals surface area contributed by atoms with Gasteiger partial charge in [0.15, 0.2) is 0 Å². The third-order valence-corrected chi connectivity index (χ3v) is 7.56. The van der Waals surface area contributed by atoms with Gasteiger partial charge >= 0.3 is 0 Å². The second-order valence-corrected chi connectivity index (χ2v) is 11.2. The van der Waals surface area contributed by atoms with E-state index in [1.807, 2.05) is 30.3 Å². The van der Waals surface area contributed by atoms with Gasteiger partial charge in [-0.1, -0.05) is 77.8 Å². The van der Waals surface area contributed by atoms with E-state index in [4.69, 9.17) is 23.2 Å². The lowest BCUT2D eigenvalue weighted by Crippen LogP contribution is -2.53. The molecule has 0 unspecified atom stereocenters. The maximum atomic E-state index is 13.9. The van der Waals surface area contributed by atoms with Crippen LogP contribution in [-0.2, 0) is 32.6 Å². The molecule has 3 aromatic rings. The van der Waals surface area contributed by atoms with Gasteiger partial charge in [0.05, 0.1) is 22.0 Å². The highest BCUT2D eigenvalue weighted by molar-refractivity contribution is 7.92. The van der Waals surface area contributed by atoms with Gasteiger partial charge < -0.3 is 10.2 Å². The van der Waals surface area contributed by atoms with Crippen LogP contribution in [0.25, 0.3) is 0 Å². The Kier molecular flexibility index (Phi) is 9.97. The van der Waals surface area contributed by atoms with Crippen LogP contribution in [0.1, 0.15) is 18.1 Å². The minimum absolute atomic E-state index is 0.0246. The summed E-state index contributed by atoms with van der Waals surface area (Å²) in [5.41, 5.74) is 1.86. The van der Waals surface area contributed by atoms with Gasteiger partial charge in [-0.05, 0) is 42.3 Å². The van der Waals surface area contributed by atoms with Crippen LogP contribution >= 0.6 is 23.2 Å². The van der Waals surface area contributed by atoms with Gasteiger partial charge in [-0.15, -0.1) is 0 Å². The molecule has 0 aliphatic carbocycles. The molecule has 0 heterocycles. The Hall–Kier alpha value is -3.07. The van der Waals surface area contributed by atoms with Gasteiger partial charge in [-0.3, -0.25) is 13.9 Å². The molecule has 37 heavy (non-hydrogen) atoms. The van der Waals surface area contributed by atoms with Gasteiger partial charge in [0, 0.05) is 19.5 Å². The summed E-state index contributed by atoms with van der Waals surface area (Å²) in [6.45, 7) is 1.72. The average molecular weight is 563 g/mol. The molecule has 0 saturated carbocycles. The minimum Gasteiger partial charge on any atom is -0.355 e. The monoisotopic (exact) mass is 561 g/mol. The molecule has 10 heteroatoms. The van der Waals surface area contributed by atoms with E-state index >= 15 is 0 Å². The second kappa shape index (κ2) is 12.9. The number of para-hydroxylation sites is 1. The Morgan fingerprint density at radius 3 is 2.08 bits per heavy atom. The standard InChI is InChI=1S/C27H29Cl2N3O4S/c1-3-30-27(34)25(17-20-10-6-4-7-11-20)31(18-21-14-15-23(28)24(29)16-21)26(33)19-32(37(2,35)36)22-12-8-5-9-13-22/h4-16,25H,3,17-19H2,1-2H3,(H,30,34)/t25-/m1/s1. The fraction of sp³-hybridized carbons (Fsp3) is 0.259. The summed E-state index contributed by atoms with van der Waals surface area (Å²) in [4.78, 5) is 28.5. The van der Waals surface area contributed by atoms with E-state index in [-0.39, 0.29) is 18.9 Å². The Balaban J connectivity index is 2.04. The molecule has 0 bridgehead atoms. The topological polar surface area (TPSA) is 86.8 Å². The number of anilines is 1. The zero-order chi connectivity index (χ0) is 27.0. The zero-order valence-electron chi connectivity index (χ0n) is 20.6. The van der Waals surface area contributed by atoms with Crippen molar-refractivity contribution >= 4 is 50.7 Å². The molecule has 0 radical (unpaired) electrons. The molecule has 0 fully saturated rings. The summed E-state index contributed by atoms with van der Waals surface area (Å²) in [5.74, 6) is -0.877. The number of hydrogen-bond donors (Lipinski definition) is 1. The lowest BCUT2D eigenvalue weighted by Gasteiger charge is -2.33. The largest absolute Gasteiger partial charge is 0.355 e. The predicted molar refractivity (Wildman–Crippen MR) is 148 cm³/mol. The van der Waals surface area contributed by atoms with Crippen LogP contribution in [0.3, 0.4) is 0 Å². The molecule has 0 spiro atoms. The second-order valence-electron chi connectivity index (χ2n) is 8.48. The van der Waals surface area contributed by atoms with E-state index in [0.717, 1.165) is 16.1 Å². The van der Waals surface area contributed by atoms with Crippen LogP contribution < -0.4 is 9.62 Å². The van der Waals surface area contributed by atoms with Crippen LogP contribution in [0.5, 0.6) is 0 Å². The maximum Gasteiger partial charge on any atom is 0.244 e. The normalized spacial score (nSPS) is 12.0. The molecule has 3 aromatic carbocycles. The summed E-state index contributed by atoms with van der Waals surface area (Å²) in [7, 11) is -3.80. The first-order valence-electron chi connectivity index (χ1n) is 11.7. The molecule has 2 amide bonds. The van der Waals surface area contributed by atoms with Crippen molar-refractivity contribution < 1.29 is 18.0 Å². The van der Waals surface area contributed by atoms with Crippen LogP contribution in [0.4, 0.5) is 5.69 Å². The molecular formula is C27H29Cl2N3O4S. The van der Waals surface area contributed by atoms with Crippen LogP contribution in [0, 0.1) is 0 Å². The molecule has 196 valence electrons. The summed E-state index contributed by atoms with van der Waals surface area (Å²) in [5, 5.41) is 3.48. The van der Waals surface area contributed by atoms with Crippen molar-refractivity contribution in [2.24, 2.45) is 0 Å². The number of halogens is 2. The van der Waals surface area contributed by atoms with E-state index in [2.05, 4.69) is 5.32 Å². The van der Waals surface area contributed by atoms with E-state index in [0.29, 0.717) is 27.8 Å². The number of benzene rings is 3. The van der Waals surface area contributed by atoms with Crippen molar-refractivity contribution in [1.82, 2.24) is 10.2 Å². The number of rotatable bonds is 11. The Morgan fingerprint density at radius 2 is 1.51 bits per heavy atom. The first kappa shape index (κ1) is 28.5. The fourth-order valence-corrected chi connectivity index (χ4v) is 5.06. The van der Waals surface area contributed by atoms with Gasteiger partial charge in [0.1, 0.15) is 12.6 Å². The van der Waals surface area contributed by atoms with Crippen molar-refractivity contribution in [2.75, 3.05) is 23.7 Å². The lowest BCUT2D eigenvalue weighted by molar-refractivity contribution is -0.140. The summed E-state index contributed by atoms with van der Waals surface area (Å²) in [6.07, 6.45) is 1.28. The van der Waals surface area contributed by atoms with Crippen molar-refractivity contribution in [3.8, 4) is 0 Å². The van der Waals surface area contributed by atoms with E-state index < -0.39 is 28.5 Å². The first-order valence-corrected chi connectivity index (χ1v) is 14.3. The highest BCUT2D eigenvalue weighted by atomic mass is 35.5. The van der Waals surface area contributed by atoms with Crippen molar-refractivity contribution in [3.63, 3.8) is 0 Å². The first-order chi connectivity index (χ1) is 17.6. The number of nitrogens with zero attached hydrogens (tertiary/aromatic N) is 2. The lowest BCUT2D eigenvalue weighted by atomic mass is 10.0. The predicted octanol–water partition coefficient (Wildman–Crippen LogP) is 4.54. The number of sulfonamides is 1. The highest BCUT2D eigenvalue weighted by Crippen LogP contribution is 2.25. The molecule has 0 saturated heterocycles. The number of amides is 2. The third-order valence-electron chi connectivity index (χ3n) is 5.68. The smallest absolute Gasteiger partial charge is 0.244 e. The van der Waals surface area contributed by atoms with Crippen LogP contribution in [0.2, 0.25) is 10.0 Å². The Labute approximate surface area is 228 Å². The zero-order valence-corrected chi connectivity index (χ0v) is 22.9. The number of hydrogen-bond acceptors (Lipinski definition) is 4. The Morgan fingerprint density at radius 1 is 0.892 bits per heavy atom. The quantitative estimate of drug-likeness (QED) is 0.372. The molecule has 0 aliphatic heterocycles. The SMILES string of the molecule is CCNC(=O)[C@@H](Cc1ccccc1)N(Cc1ccc(Cl)c(Cl)c1)C(=O)CN(c1ccccc1)S(C)(=O)=O. The van der Waals surface area contributed by atoms with Crippen molar-refractivity contribution in [2.45, 2.75) is 25.9 Å². The third kappa shape index (κ3) is 7.95. The molecule has 0 aromatic heterocycles. The maximum absolute atomic E-state index is 13.9. The van der Waals surface area contributed by atoms with Gasteiger partial charge in [0.2, 0.25) is 21.8 Å². The van der Waals surface area contributed by atoms with E-state index in [1.165, 1.54) is 4.90 Å². The molecule has 7 nitrogen and oxygen atoms in total. The number of nitrogens with one attached hydrogen (secondary N) is 1. The molecule has 3 rings (SSSR count). The van der Waals surface area contributed by atoms with Crippen molar-refractivity contribution in [1.29, 1.82) is 0 Å². The number of carbonyl (C=O) groups is 2. The summed E-state index contributed by atoms with van der Waals surface area (Å²) >= 11 is 12.3. The van der Waals surface area contributed by atoms with Crippen molar-refractivity contribution in [3.05, 3.63) is 100 Å². The number of likely N-dealkylation sites (N-methyl/N-ethyl adjacent to an activating group) is 1. The Bertz CT molecular complexity index is 1320. The molecule has 1 N–H and O–H groups in total. The van der Waals surface area contributed by atoms with Crippen LogP contribution in [-0.4, -0.2) is 50.5 Å². The number of carbonyl (C=O) groups excluding carboxylic acids is 2. The molecular weight excluding hydrogens is 533 g/mol. The summed E-state index contributed by atoms with van der Waals surface area (Å²) in [6, 6.07) is 21.8. The summed E-state index contributed by atoms with van der Waals surface area (Å²) < 4.78 is 26.4. The average Bonchev–Trinajstić information content (AvgIpc) is 2.87. The van der Waals surface area contributed by atoms with Crippen LogP contribution in [0.15, 0.2) is 78.9 Å². The van der Waals surface area contributed by atoms with Gasteiger partial charge in [-0.2, -0.15) is 0 Å². The molecule has 0 aliphatic rings. The minimum atomic E-state index is -3.80.